The van der Waals surface area contributed by atoms with Gasteiger partial charge in [0.15, 0.2) is 10.6 Å². The lowest BCUT2D eigenvalue weighted by Gasteiger charge is -2.34. The molecule has 1 N–H and O–H groups in total. The molecule has 0 bridgehead atoms. The maximum Gasteiger partial charge on any atom is 0.274 e. The van der Waals surface area contributed by atoms with E-state index in [1.54, 1.807) is 6.21 Å². The largest absolute Gasteiger partial charge is 0.356 e. The van der Waals surface area contributed by atoms with Crippen molar-refractivity contribution in [1.29, 1.82) is 5.41 Å². The van der Waals surface area contributed by atoms with Crippen LogP contribution in [0, 0.1) is 18.3 Å². The Bertz CT molecular complexity index is 1320. The normalized spacial score (nSPS) is 21.4. The number of carbonyl (C=O) groups is 1. The Morgan fingerprint density at radius 1 is 1.21 bits per heavy atom. The Balaban J connectivity index is 1.31. The summed E-state index contributed by atoms with van der Waals surface area (Å²) in [6, 6.07) is 1.94. The number of thiazole rings is 1. The Morgan fingerprint density at radius 3 is 2.94 bits per heavy atom. The summed E-state index contributed by atoms with van der Waals surface area (Å²) in [5, 5.41) is 14.4. The minimum atomic E-state index is -0.0782. The predicted octanol–water partition coefficient (Wildman–Crippen LogP) is 3.59. The van der Waals surface area contributed by atoms with Crippen LogP contribution >= 0.6 is 11.3 Å². The molecule has 4 aromatic heterocycles. The molecule has 0 aliphatic carbocycles. The van der Waals surface area contributed by atoms with Crippen molar-refractivity contribution in [2.24, 2.45) is 5.92 Å². The number of hydrogen-bond acceptors (Lipinski definition) is 7. The van der Waals surface area contributed by atoms with Crippen LogP contribution in [0.2, 0.25) is 0 Å². The molecule has 170 valence electrons. The van der Waals surface area contributed by atoms with Crippen LogP contribution in [0.15, 0.2) is 30.0 Å². The molecule has 1 amide bonds. The van der Waals surface area contributed by atoms with Crippen molar-refractivity contribution in [3.63, 3.8) is 0 Å². The van der Waals surface area contributed by atoms with Gasteiger partial charge in [-0.3, -0.25) is 9.20 Å². The third kappa shape index (κ3) is 3.49. The molecule has 2 atom stereocenters. The Labute approximate surface area is 195 Å². The van der Waals surface area contributed by atoms with E-state index in [0.29, 0.717) is 18.2 Å². The number of likely N-dealkylation sites (tertiary alicyclic amines) is 1. The van der Waals surface area contributed by atoms with Crippen LogP contribution < -0.4 is 4.90 Å². The summed E-state index contributed by atoms with van der Waals surface area (Å²) in [5.74, 6) is 1.23. The van der Waals surface area contributed by atoms with Gasteiger partial charge in [-0.2, -0.15) is 5.10 Å². The Kier molecular flexibility index (Phi) is 4.90. The van der Waals surface area contributed by atoms with E-state index in [9.17, 15) is 4.79 Å². The SMILES string of the molecule is Cc1cn2nc([C@@H]3CCCCN3C(=O)c3cn4ccsc4n3)cc2nc1N1CCC(C=N)C1. The summed E-state index contributed by atoms with van der Waals surface area (Å²) in [6.45, 7) is 4.51. The molecule has 1 unspecified atom stereocenters. The van der Waals surface area contributed by atoms with Gasteiger partial charge in [-0.15, -0.1) is 11.3 Å². The third-order valence-electron chi connectivity index (χ3n) is 6.80. The lowest BCUT2D eigenvalue weighted by atomic mass is 9.99. The molecule has 0 aromatic carbocycles. The first-order valence-corrected chi connectivity index (χ1v) is 12.3. The molecule has 10 heteroatoms. The highest BCUT2D eigenvalue weighted by Crippen LogP contribution is 2.33. The molecule has 0 radical (unpaired) electrons. The van der Waals surface area contributed by atoms with E-state index in [-0.39, 0.29) is 11.9 Å². The number of aryl methyl sites for hydroxylation is 1. The highest BCUT2D eigenvalue weighted by molar-refractivity contribution is 7.15. The van der Waals surface area contributed by atoms with Crippen molar-refractivity contribution in [1.82, 2.24) is 28.9 Å². The Morgan fingerprint density at radius 2 is 2.12 bits per heavy atom. The van der Waals surface area contributed by atoms with Gasteiger partial charge < -0.3 is 15.2 Å². The van der Waals surface area contributed by atoms with Crippen molar-refractivity contribution >= 4 is 39.9 Å². The first kappa shape index (κ1) is 20.3. The number of rotatable bonds is 4. The van der Waals surface area contributed by atoms with Crippen LogP contribution in [-0.2, 0) is 0 Å². The summed E-state index contributed by atoms with van der Waals surface area (Å²) in [7, 11) is 0. The second-order valence-corrected chi connectivity index (χ2v) is 9.88. The summed E-state index contributed by atoms with van der Waals surface area (Å²) >= 11 is 1.53. The number of carbonyl (C=O) groups excluding carboxylic acids is 1. The fourth-order valence-corrected chi connectivity index (χ4v) is 5.78. The fourth-order valence-electron chi connectivity index (χ4n) is 5.08. The van der Waals surface area contributed by atoms with Gasteiger partial charge >= 0.3 is 0 Å². The zero-order valence-corrected chi connectivity index (χ0v) is 19.3. The van der Waals surface area contributed by atoms with Crippen LogP contribution in [0.4, 0.5) is 5.82 Å². The van der Waals surface area contributed by atoms with Crippen LogP contribution in [-0.4, -0.2) is 60.6 Å². The van der Waals surface area contributed by atoms with E-state index < -0.39 is 0 Å². The molecule has 2 saturated heterocycles. The van der Waals surface area contributed by atoms with Gasteiger partial charge in [0.05, 0.1) is 11.7 Å². The highest BCUT2D eigenvalue weighted by atomic mass is 32.1. The quantitative estimate of drug-likeness (QED) is 0.468. The molecule has 33 heavy (non-hydrogen) atoms. The van der Waals surface area contributed by atoms with Crippen LogP contribution in [0.1, 0.15) is 53.5 Å². The topological polar surface area (TPSA) is 94.9 Å². The number of aromatic nitrogens is 5. The molecule has 6 heterocycles. The highest BCUT2D eigenvalue weighted by Gasteiger charge is 2.32. The standard InChI is InChI=1S/C23H26N8OS/c1-15-12-31-20(26-21(15)28-7-5-16(11-24)13-28)10-17(27-31)19-4-2-3-6-30(19)22(32)18-14-29-8-9-33-23(29)25-18/h8-12,14,16,19,24H,2-7,13H2,1H3/t16?,19-/m0/s1. The molecular weight excluding hydrogens is 436 g/mol. The van der Waals surface area contributed by atoms with E-state index >= 15 is 0 Å². The number of piperidine rings is 1. The second kappa shape index (κ2) is 7.95. The summed E-state index contributed by atoms with van der Waals surface area (Å²) in [5.41, 5.74) is 3.23. The maximum absolute atomic E-state index is 13.4. The van der Waals surface area contributed by atoms with Crippen LogP contribution in [0.25, 0.3) is 10.6 Å². The van der Waals surface area contributed by atoms with Crippen molar-refractivity contribution in [3.8, 4) is 0 Å². The molecule has 2 aliphatic heterocycles. The van der Waals surface area contributed by atoms with E-state index in [1.165, 1.54) is 11.3 Å². The molecule has 6 rings (SSSR count). The Hall–Kier alpha value is -3.27. The van der Waals surface area contributed by atoms with Gasteiger partial charge in [0.1, 0.15) is 11.5 Å². The van der Waals surface area contributed by atoms with Crippen molar-refractivity contribution in [2.45, 2.75) is 38.6 Å². The number of hydrogen-bond donors (Lipinski definition) is 1. The molecular formula is C23H26N8OS. The molecule has 4 aromatic rings. The summed E-state index contributed by atoms with van der Waals surface area (Å²) in [4.78, 5) is 27.9. The molecule has 0 spiro atoms. The van der Waals surface area contributed by atoms with Gasteiger partial charge in [-0.05, 0) is 32.6 Å². The average molecular weight is 463 g/mol. The molecule has 2 fully saturated rings. The number of fused-ring (bicyclic) bond motifs is 2. The number of anilines is 1. The average Bonchev–Trinajstić information content (AvgIpc) is 3.60. The number of amides is 1. The van der Waals surface area contributed by atoms with Crippen molar-refractivity contribution < 1.29 is 4.79 Å². The lowest BCUT2D eigenvalue weighted by molar-refractivity contribution is 0.0600. The lowest BCUT2D eigenvalue weighted by Crippen LogP contribution is -2.38. The van der Waals surface area contributed by atoms with Gasteiger partial charge in [0, 0.05) is 67.4 Å². The smallest absolute Gasteiger partial charge is 0.274 e. The van der Waals surface area contributed by atoms with E-state index in [4.69, 9.17) is 15.5 Å². The third-order valence-corrected chi connectivity index (χ3v) is 7.57. The van der Waals surface area contributed by atoms with Gasteiger partial charge in [-0.25, -0.2) is 14.5 Å². The molecule has 9 nitrogen and oxygen atoms in total. The van der Waals surface area contributed by atoms with Gasteiger partial charge in [0.2, 0.25) is 0 Å². The second-order valence-electron chi connectivity index (χ2n) is 9.01. The fraction of sp³-hybridized carbons (Fsp3) is 0.435. The number of nitrogens with one attached hydrogen (secondary N) is 1. The number of nitrogens with zero attached hydrogens (tertiary/aromatic N) is 7. The minimum absolute atomic E-state index is 0.0350. The van der Waals surface area contributed by atoms with E-state index in [1.807, 2.05) is 43.9 Å². The molecule has 2 aliphatic rings. The number of imidazole rings is 1. The molecule has 0 saturated carbocycles. The summed E-state index contributed by atoms with van der Waals surface area (Å²) < 4.78 is 3.74. The van der Waals surface area contributed by atoms with E-state index in [0.717, 1.165) is 66.5 Å². The van der Waals surface area contributed by atoms with Crippen LogP contribution in [0.3, 0.4) is 0 Å². The minimum Gasteiger partial charge on any atom is -0.356 e. The first-order valence-electron chi connectivity index (χ1n) is 11.5. The van der Waals surface area contributed by atoms with Crippen molar-refractivity contribution in [3.05, 3.63) is 47.0 Å². The van der Waals surface area contributed by atoms with Gasteiger partial charge in [-0.1, -0.05) is 0 Å². The van der Waals surface area contributed by atoms with Gasteiger partial charge in [0.25, 0.3) is 5.91 Å². The monoisotopic (exact) mass is 462 g/mol. The maximum atomic E-state index is 13.4. The zero-order chi connectivity index (χ0) is 22.5. The zero-order valence-electron chi connectivity index (χ0n) is 18.5. The van der Waals surface area contributed by atoms with Crippen LogP contribution in [0.5, 0.6) is 0 Å². The summed E-state index contributed by atoms with van der Waals surface area (Å²) in [6.07, 6.45) is 11.2. The predicted molar refractivity (Wildman–Crippen MR) is 128 cm³/mol. The van der Waals surface area contributed by atoms with E-state index in [2.05, 4.69) is 16.8 Å². The van der Waals surface area contributed by atoms with Crippen molar-refractivity contribution in [2.75, 3.05) is 24.5 Å². The first-order chi connectivity index (χ1) is 16.1.